The molecule has 150 valence electrons. The first-order chi connectivity index (χ1) is 12.9. The van der Waals surface area contributed by atoms with Crippen LogP contribution in [0.25, 0.3) is 0 Å². The molecule has 10 nitrogen and oxygen atoms in total. The van der Waals surface area contributed by atoms with Crippen LogP contribution in [0.15, 0.2) is 6.07 Å². The van der Waals surface area contributed by atoms with Crippen molar-refractivity contribution in [2.24, 2.45) is 0 Å². The number of nitrogens with zero attached hydrogens (tertiary/aromatic N) is 2. The van der Waals surface area contributed by atoms with Crippen molar-refractivity contribution in [2.45, 2.75) is 13.0 Å². The van der Waals surface area contributed by atoms with Gasteiger partial charge >= 0.3 is 5.69 Å². The number of nitro benzene ring substituents is 1. The van der Waals surface area contributed by atoms with Crippen LogP contribution in [-0.2, 0) is 4.74 Å². The number of hydrogen-bond acceptors (Lipinski definition) is 8. The standard InChI is InChI=1S/C17H25N3O7/c1-11(19-5-7-27-8-6-19)10-18-17(21)12-9-13(24-2)15(25-3)16(26-4)14(12)20(22)23/h9,11H,5-8,10H2,1-4H3,(H,18,21). The zero-order chi connectivity index (χ0) is 20.0. The predicted octanol–water partition coefficient (Wildman–Crippen LogP) is 1.07. The number of hydrogen-bond donors (Lipinski definition) is 1. The Bertz CT molecular complexity index is 690. The minimum Gasteiger partial charge on any atom is -0.493 e. The minimum absolute atomic E-state index is 0.0601. The van der Waals surface area contributed by atoms with Crippen molar-refractivity contribution >= 4 is 11.6 Å². The molecule has 0 radical (unpaired) electrons. The quantitative estimate of drug-likeness (QED) is 0.524. The van der Waals surface area contributed by atoms with E-state index >= 15 is 0 Å². The van der Waals surface area contributed by atoms with Crippen LogP contribution in [0.5, 0.6) is 17.2 Å². The molecule has 0 bridgehead atoms. The number of carbonyl (C=O) groups is 1. The molecule has 1 unspecified atom stereocenters. The van der Waals surface area contributed by atoms with Gasteiger partial charge in [-0.3, -0.25) is 19.8 Å². The topological polar surface area (TPSA) is 112 Å². The van der Waals surface area contributed by atoms with Gasteiger partial charge in [-0.1, -0.05) is 0 Å². The molecule has 1 amide bonds. The van der Waals surface area contributed by atoms with Gasteiger partial charge in [0, 0.05) is 31.7 Å². The van der Waals surface area contributed by atoms with Gasteiger partial charge in [-0.2, -0.15) is 0 Å². The summed E-state index contributed by atoms with van der Waals surface area (Å²) in [4.78, 5) is 25.8. The van der Waals surface area contributed by atoms with Gasteiger partial charge < -0.3 is 24.3 Å². The second-order valence-corrected chi connectivity index (χ2v) is 6.01. The summed E-state index contributed by atoms with van der Waals surface area (Å²) >= 11 is 0. The molecule has 1 aliphatic rings. The third-order valence-electron chi connectivity index (χ3n) is 4.46. The summed E-state index contributed by atoms with van der Waals surface area (Å²) in [5, 5.41) is 14.3. The lowest BCUT2D eigenvalue weighted by Crippen LogP contribution is -2.47. The fourth-order valence-corrected chi connectivity index (χ4v) is 2.98. The summed E-state index contributed by atoms with van der Waals surface area (Å²) in [7, 11) is 3.99. The van der Waals surface area contributed by atoms with Crippen LogP contribution in [0, 0.1) is 10.1 Å². The van der Waals surface area contributed by atoms with Crippen molar-refractivity contribution in [1.82, 2.24) is 10.2 Å². The normalized spacial score (nSPS) is 15.7. The maximum absolute atomic E-state index is 12.7. The lowest BCUT2D eigenvalue weighted by molar-refractivity contribution is -0.386. The molecule has 1 aromatic carbocycles. The van der Waals surface area contributed by atoms with Gasteiger partial charge in [-0.05, 0) is 6.92 Å². The number of nitrogens with one attached hydrogen (secondary N) is 1. The number of nitro groups is 1. The fourth-order valence-electron chi connectivity index (χ4n) is 2.98. The van der Waals surface area contributed by atoms with E-state index in [1.165, 1.54) is 27.4 Å². The van der Waals surface area contributed by atoms with Crippen LogP contribution < -0.4 is 19.5 Å². The molecular formula is C17H25N3O7. The lowest BCUT2D eigenvalue weighted by Gasteiger charge is -2.32. The van der Waals surface area contributed by atoms with E-state index in [0.717, 1.165) is 13.1 Å². The molecule has 27 heavy (non-hydrogen) atoms. The summed E-state index contributed by atoms with van der Waals surface area (Å²) in [5.74, 6) is -0.509. The first-order valence-corrected chi connectivity index (χ1v) is 8.51. The van der Waals surface area contributed by atoms with Gasteiger partial charge in [0.25, 0.3) is 5.91 Å². The van der Waals surface area contributed by atoms with E-state index in [0.29, 0.717) is 19.8 Å². The average Bonchev–Trinajstić information content (AvgIpc) is 2.70. The van der Waals surface area contributed by atoms with E-state index < -0.39 is 16.5 Å². The molecule has 2 rings (SSSR count). The SMILES string of the molecule is COc1cc(C(=O)NCC(C)N2CCOCC2)c([N+](=O)[O-])c(OC)c1OC. The maximum atomic E-state index is 12.7. The second kappa shape index (κ2) is 9.38. The van der Waals surface area contributed by atoms with Crippen molar-refractivity contribution in [3.05, 3.63) is 21.7 Å². The number of ether oxygens (including phenoxy) is 4. The molecule has 1 aliphatic heterocycles. The van der Waals surface area contributed by atoms with E-state index in [-0.39, 0.29) is 28.9 Å². The van der Waals surface area contributed by atoms with Crippen molar-refractivity contribution in [2.75, 3.05) is 54.2 Å². The minimum atomic E-state index is -0.666. The zero-order valence-corrected chi connectivity index (χ0v) is 15.9. The van der Waals surface area contributed by atoms with Crippen LogP contribution in [0.1, 0.15) is 17.3 Å². The van der Waals surface area contributed by atoms with E-state index in [1.807, 2.05) is 6.92 Å². The Labute approximate surface area is 157 Å². The smallest absolute Gasteiger partial charge is 0.327 e. The van der Waals surface area contributed by atoms with Gasteiger partial charge in [-0.15, -0.1) is 0 Å². The monoisotopic (exact) mass is 383 g/mol. The maximum Gasteiger partial charge on any atom is 0.327 e. The van der Waals surface area contributed by atoms with Gasteiger partial charge in [-0.25, -0.2) is 0 Å². The summed E-state index contributed by atoms with van der Waals surface area (Å²) < 4.78 is 20.8. The Morgan fingerprint density at radius 1 is 1.26 bits per heavy atom. The van der Waals surface area contributed by atoms with Crippen LogP contribution in [0.2, 0.25) is 0 Å². The molecule has 1 fully saturated rings. The first kappa shape index (κ1) is 20.7. The van der Waals surface area contributed by atoms with Crippen molar-refractivity contribution in [3.8, 4) is 17.2 Å². The lowest BCUT2D eigenvalue weighted by atomic mass is 10.1. The molecule has 0 aromatic heterocycles. The Hall–Kier alpha value is -2.59. The van der Waals surface area contributed by atoms with E-state index in [4.69, 9.17) is 18.9 Å². The number of amides is 1. The third kappa shape index (κ3) is 4.58. The molecule has 0 aliphatic carbocycles. The third-order valence-corrected chi connectivity index (χ3v) is 4.46. The molecular weight excluding hydrogens is 358 g/mol. The molecule has 1 heterocycles. The number of morpholine rings is 1. The highest BCUT2D eigenvalue weighted by molar-refractivity contribution is 6.00. The van der Waals surface area contributed by atoms with Crippen molar-refractivity contribution in [1.29, 1.82) is 0 Å². The average molecular weight is 383 g/mol. The molecule has 0 saturated carbocycles. The number of rotatable bonds is 8. The Morgan fingerprint density at radius 2 is 1.89 bits per heavy atom. The summed E-state index contributed by atoms with van der Waals surface area (Å²) in [6, 6.07) is 1.35. The molecule has 1 saturated heterocycles. The Balaban J connectivity index is 2.27. The molecule has 1 aromatic rings. The van der Waals surface area contributed by atoms with Crippen LogP contribution in [-0.4, -0.2) is 75.9 Å². The fraction of sp³-hybridized carbons (Fsp3) is 0.588. The Morgan fingerprint density at radius 3 is 2.41 bits per heavy atom. The number of benzene rings is 1. The Kier molecular flexibility index (Phi) is 7.19. The molecule has 1 N–H and O–H groups in total. The highest BCUT2D eigenvalue weighted by atomic mass is 16.6. The first-order valence-electron chi connectivity index (χ1n) is 8.51. The highest BCUT2D eigenvalue weighted by Gasteiger charge is 2.32. The van der Waals surface area contributed by atoms with Crippen molar-refractivity contribution < 1.29 is 28.7 Å². The van der Waals surface area contributed by atoms with Gasteiger partial charge in [0.15, 0.2) is 5.75 Å². The summed E-state index contributed by atoms with van der Waals surface area (Å²) in [5.41, 5.74) is -0.615. The highest BCUT2D eigenvalue weighted by Crippen LogP contribution is 2.46. The van der Waals surface area contributed by atoms with E-state index in [2.05, 4.69) is 10.2 Å². The zero-order valence-electron chi connectivity index (χ0n) is 15.9. The van der Waals surface area contributed by atoms with Crippen molar-refractivity contribution in [3.63, 3.8) is 0 Å². The molecule has 10 heteroatoms. The summed E-state index contributed by atoms with van der Waals surface area (Å²) in [6.45, 7) is 5.18. The molecule has 0 spiro atoms. The van der Waals surface area contributed by atoms with E-state index in [9.17, 15) is 14.9 Å². The molecule has 1 atom stereocenters. The van der Waals surface area contributed by atoms with E-state index in [1.54, 1.807) is 0 Å². The second-order valence-electron chi connectivity index (χ2n) is 6.01. The van der Waals surface area contributed by atoms with Crippen LogP contribution in [0.4, 0.5) is 5.69 Å². The predicted molar refractivity (Wildman–Crippen MR) is 96.9 cm³/mol. The van der Waals surface area contributed by atoms with Crippen LogP contribution >= 0.6 is 0 Å². The van der Waals surface area contributed by atoms with Crippen LogP contribution in [0.3, 0.4) is 0 Å². The number of carbonyl (C=O) groups excluding carboxylic acids is 1. The largest absolute Gasteiger partial charge is 0.493 e. The van der Waals surface area contributed by atoms with Gasteiger partial charge in [0.05, 0.1) is 39.5 Å². The van der Waals surface area contributed by atoms with Gasteiger partial charge in [0.2, 0.25) is 11.5 Å². The van der Waals surface area contributed by atoms with Gasteiger partial charge in [0.1, 0.15) is 5.56 Å². The number of methoxy groups -OCH3 is 3. The summed E-state index contributed by atoms with van der Waals surface area (Å²) in [6.07, 6.45) is 0.